The molecular weight excluding hydrogens is 356 g/mol. The van der Waals surface area contributed by atoms with E-state index in [9.17, 15) is 9.90 Å². The summed E-state index contributed by atoms with van der Waals surface area (Å²) >= 11 is 1.46. The molecule has 1 aromatic heterocycles. The zero-order chi connectivity index (χ0) is 18.6. The molecule has 4 rings (SSSR count). The molecule has 0 unspecified atom stereocenters. The summed E-state index contributed by atoms with van der Waals surface area (Å²) in [6, 6.07) is 20.1. The van der Waals surface area contributed by atoms with Crippen LogP contribution in [0.15, 0.2) is 60.7 Å². The fourth-order valence-corrected chi connectivity index (χ4v) is 4.50. The van der Waals surface area contributed by atoms with Gasteiger partial charge in [-0.1, -0.05) is 60.7 Å². The zero-order valence-electron chi connectivity index (χ0n) is 15.0. The van der Waals surface area contributed by atoms with E-state index in [-0.39, 0.29) is 12.5 Å². The van der Waals surface area contributed by atoms with Crippen molar-refractivity contribution in [1.82, 2.24) is 9.88 Å². The van der Waals surface area contributed by atoms with E-state index in [2.05, 4.69) is 12.1 Å². The Morgan fingerprint density at radius 2 is 1.59 bits per heavy atom. The Balaban J connectivity index is 1.68. The molecule has 0 spiro atoms. The molecule has 2 heterocycles. The van der Waals surface area contributed by atoms with Gasteiger partial charge in [-0.25, -0.2) is 4.98 Å². The van der Waals surface area contributed by atoms with Crippen LogP contribution < -0.4 is 0 Å². The summed E-state index contributed by atoms with van der Waals surface area (Å²) in [6.07, 6.45) is 1.70. The minimum Gasteiger partial charge on any atom is -0.396 e. The van der Waals surface area contributed by atoms with Gasteiger partial charge in [0.1, 0.15) is 0 Å². The normalized spacial score (nSPS) is 15.1. The van der Waals surface area contributed by atoms with E-state index in [0.29, 0.717) is 24.0 Å². The number of rotatable bonds is 4. The molecule has 0 atom stereocenters. The Hall–Kier alpha value is -2.50. The fourth-order valence-electron chi connectivity index (χ4n) is 3.44. The number of amides is 1. The summed E-state index contributed by atoms with van der Waals surface area (Å²) in [7, 11) is 0. The highest BCUT2D eigenvalue weighted by molar-refractivity contribution is 7.17. The highest BCUT2D eigenvalue weighted by Gasteiger charge is 2.27. The number of nitrogens with zero attached hydrogens (tertiary/aromatic N) is 2. The second-order valence-corrected chi connectivity index (χ2v) is 7.85. The van der Waals surface area contributed by atoms with Gasteiger partial charge in [0.15, 0.2) is 5.01 Å². The van der Waals surface area contributed by atoms with Crippen molar-refractivity contribution in [1.29, 1.82) is 0 Å². The van der Waals surface area contributed by atoms with Gasteiger partial charge in [0.2, 0.25) is 0 Å². The van der Waals surface area contributed by atoms with E-state index >= 15 is 0 Å². The number of thiazole rings is 1. The first kappa shape index (κ1) is 17.9. The van der Waals surface area contributed by atoms with Crippen molar-refractivity contribution < 1.29 is 9.90 Å². The van der Waals surface area contributed by atoms with E-state index in [1.165, 1.54) is 11.3 Å². The van der Waals surface area contributed by atoms with Crippen LogP contribution in [0.3, 0.4) is 0 Å². The SMILES string of the molecule is O=C(c1nc(-c2ccccc2)c(-c2ccccc2)s1)N1CCC(CO)CC1. The maximum Gasteiger partial charge on any atom is 0.282 e. The van der Waals surface area contributed by atoms with Gasteiger partial charge in [-0.3, -0.25) is 4.79 Å². The van der Waals surface area contributed by atoms with Crippen LogP contribution in [-0.2, 0) is 0 Å². The van der Waals surface area contributed by atoms with Crippen molar-refractivity contribution in [2.45, 2.75) is 12.8 Å². The molecule has 2 aromatic carbocycles. The zero-order valence-corrected chi connectivity index (χ0v) is 15.9. The lowest BCUT2D eigenvalue weighted by Crippen LogP contribution is -2.39. The molecule has 1 saturated heterocycles. The van der Waals surface area contributed by atoms with Crippen LogP contribution in [0, 0.1) is 5.92 Å². The minimum atomic E-state index is -0.00393. The predicted octanol–water partition coefficient (Wildman–Crippen LogP) is 4.32. The molecule has 1 N–H and O–H groups in total. The smallest absolute Gasteiger partial charge is 0.282 e. The summed E-state index contributed by atoms with van der Waals surface area (Å²) in [5, 5.41) is 9.85. The van der Waals surface area contributed by atoms with Crippen molar-refractivity contribution in [3.8, 4) is 21.7 Å². The second-order valence-electron chi connectivity index (χ2n) is 6.85. The molecule has 0 aliphatic carbocycles. The number of hydrogen-bond donors (Lipinski definition) is 1. The molecule has 138 valence electrons. The van der Waals surface area contributed by atoms with Gasteiger partial charge < -0.3 is 10.0 Å². The third kappa shape index (κ3) is 3.80. The number of benzene rings is 2. The molecule has 1 amide bonds. The van der Waals surface area contributed by atoms with Gasteiger partial charge in [0, 0.05) is 25.3 Å². The topological polar surface area (TPSA) is 53.4 Å². The molecule has 1 fully saturated rings. The molecule has 0 radical (unpaired) electrons. The van der Waals surface area contributed by atoms with Crippen LogP contribution in [0.5, 0.6) is 0 Å². The van der Waals surface area contributed by atoms with Crippen LogP contribution in [0.4, 0.5) is 0 Å². The lowest BCUT2D eigenvalue weighted by molar-refractivity contribution is 0.0650. The summed E-state index contributed by atoms with van der Waals surface area (Å²) in [4.78, 5) is 20.7. The molecule has 5 heteroatoms. The van der Waals surface area contributed by atoms with Crippen LogP contribution in [-0.4, -0.2) is 40.6 Å². The molecule has 0 saturated carbocycles. The molecular formula is C22H22N2O2S. The van der Waals surface area contributed by atoms with E-state index in [1.54, 1.807) is 0 Å². The van der Waals surface area contributed by atoms with Crippen molar-refractivity contribution in [3.05, 3.63) is 65.7 Å². The lowest BCUT2D eigenvalue weighted by Gasteiger charge is -2.30. The first-order chi connectivity index (χ1) is 13.3. The predicted molar refractivity (Wildman–Crippen MR) is 109 cm³/mol. The number of aliphatic hydroxyl groups excluding tert-OH is 1. The van der Waals surface area contributed by atoms with E-state index < -0.39 is 0 Å². The Morgan fingerprint density at radius 1 is 1.00 bits per heavy atom. The molecule has 3 aromatic rings. The van der Waals surface area contributed by atoms with Crippen molar-refractivity contribution in [2.75, 3.05) is 19.7 Å². The average molecular weight is 378 g/mol. The summed E-state index contributed by atoms with van der Waals surface area (Å²) < 4.78 is 0. The monoisotopic (exact) mass is 378 g/mol. The van der Waals surface area contributed by atoms with Crippen molar-refractivity contribution >= 4 is 17.2 Å². The van der Waals surface area contributed by atoms with Crippen LogP contribution in [0.1, 0.15) is 22.6 Å². The Labute approximate surface area is 163 Å². The van der Waals surface area contributed by atoms with Crippen LogP contribution in [0.2, 0.25) is 0 Å². The van der Waals surface area contributed by atoms with Gasteiger partial charge >= 0.3 is 0 Å². The molecule has 4 nitrogen and oxygen atoms in total. The highest BCUT2D eigenvalue weighted by atomic mass is 32.1. The molecule has 27 heavy (non-hydrogen) atoms. The number of piperidine rings is 1. The van der Waals surface area contributed by atoms with E-state index in [0.717, 1.165) is 34.5 Å². The number of aliphatic hydroxyl groups is 1. The first-order valence-electron chi connectivity index (χ1n) is 9.28. The Morgan fingerprint density at radius 3 is 2.19 bits per heavy atom. The summed E-state index contributed by atoms with van der Waals surface area (Å²) in [6.45, 7) is 1.57. The van der Waals surface area contributed by atoms with Crippen molar-refractivity contribution in [3.63, 3.8) is 0 Å². The first-order valence-corrected chi connectivity index (χ1v) is 10.1. The largest absolute Gasteiger partial charge is 0.396 e. The van der Waals surface area contributed by atoms with Gasteiger partial charge in [-0.05, 0) is 24.3 Å². The maximum atomic E-state index is 13.0. The van der Waals surface area contributed by atoms with E-state index in [4.69, 9.17) is 4.98 Å². The Bertz CT molecular complexity index is 844. The van der Waals surface area contributed by atoms with Crippen LogP contribution in [0.25, 0.3) is 21.7 Å². The molecule has 1 aliphatic heterocycles. The Kier molecular flexibility index (Phi) is 5.32. The molecule has 0 bridgehead atoms. The summed E-state index contributed by atoms with van der Waals surface area (Å²) in [5.41, 5.74) is 2.96. The third-order valence-electron chi connectivity index (χ3n) is 5.05. The highest BCUT2D eigenvalue weighted by Crippen LogP contribution is 2.37. The van der Waals surface area contributed by atoms with Crippen molar-refractivity contribution in [2.24, 2.45) is 5.92 Å². The van der Waals surface area contributed by atoms with Gasteiger partial charge in [0.05, 0.1) is 10.6 Å². The average Bonchev–Trinajstić information content (AvgIpc) is 3.20. The number of carbonyl (C=O) groups excluding carboxylic acids is 1. The van der Waals surface area contributed by atoms with Crippen LogP contribution >= 0.6 is 11.3 Å². The summed E-state index contributed by atoms with van der Waals surface area (Å²) in [5.74, 6) is 0.306. The third-order valence-corrected chi connectivity index (χ3v) is 6.15. The standard InChI is InChI=1S/C22H22N2O2S/c25-15-16-11-13-24(14-12-16)22(26)21-23-19(17-7-3-1-4-8-17)20(27-21)18-9-5-2-6-10-18/h1-10,16,25H,11-15H2. The van der Waals surface area contributed by atoms with Gasteiger partial charge in [-0.15, -0.1) is 11.3 Å². The van der Waals surface area contributed by atoms with E-state index in [1.807, 2.05) is 53.4 Å². The lowest BCUT2D eigenvalue weighted by atomic mass is 9.98. The minimum absolute atomic E-state index is 0.00393. The molecule has 1 aliphatic rings. The second kappa shape index (κ2) is 8.03. The van der Waals surface area contributed by atoms with Gasteiger partial charge in [-0.2, -0.15) is 0 Å². The number of carbonyl (C=O) groups is 1. The number of aromatic nitrogens is 1. The number of likely N-dealkylation sites (tertiary alicyclic amines) is 1. The maximum absolute atomic E-state index is 13.0. The van der Waals surface area contributed by atoms with Gasteiger partial charge in [0.25, 0.3) is 5.91 Å². The number of hydrogen-bond acceptors (Lipinski definition) is 4. The quantitative estimate of drug-likeness (QED) is 0.735. The fraction of sp³-hybridized carbons (Fsp3) is 0.273.